The van der Waals surface area contributed by atoms with Crippen molar-refractivity contribution in [3.05, 3.63) is 144 Å². The van der Waals surface area contributed by atoms with Gasteiger partial charge in [0.05, 0.1) is 43.4 Å². The number of nitrogens with zero attached hydrogens (tertiary/aromatic N) is 8. The lowest BCUT2D eigenvalue weighted by atomic mass is 9.90. The minimum absolute atomic E-state index is 0.228. The van der Waals surface area contributed by atoms with Gasteiger partial charge in [0.25, 0.3) is 0 Å². The van der Waals surface area contributed by atoms with Crippen molar-refractivity contribution in [2.45, 2.75) is 65.5 Å². The zero-order valence-electron chi connectivity index (χ0n) is 35.2. The lowest BCUT2D eigenvalue weighted by molar-refractivity contribution is -0.905. The number of hydrogen-bond donors (Lipinski definition) is 3. The summed E-state index contributed by atoms with van der Waals surface area (Å²) in [6, 6.07) is 5.64. The van der Waals surface area contributed by atoms with E-state index in [2.05, 4.69) is 66.0 Å². The third-order valence-electron chi connectivity index (χ3n) is 10.4. The average Bonchev–Trinajstić information content (AvgIpc) is 4.01. The fourth-order valence-corrected chi connectivity index (χ4v) is 7.74. The smallest absolute Gasteiger partial charge is 0.356 e. The fraction of sp³-hybridized carbons (Fsp3) is 0.283. The molecule has 0 radical (unpaired) electrons. The van der Waals surface area contributed by atoms with Crippen LogP contribution in [0.4, 0.5) is 0 Å². The highest BCUT2D eigenvalue weighted by Crippen LogP contribution is 2.36. The van der Waals surface area contributed by atoms with E-state index in [0.717, 1.165) is 86.1 Å². The van der Waals surface area contributed by atoms with Crippen molar-refractivity contribution in [1.29, 1.82) is 0 Å². The molecule has 3 aliphatic rings. The van der Waals surface area contributed by atoms with Gasteiger partial charge >= 0.3 is 17.9 Å². The molecular weight excluding hydrogens is 870 g/mol. The van der Waals surface area contributed by atoms with Crippen LogP contribution in [0.3, 0.4) is 0 Å². The number of aromatic carboxylic acids is 1. The zero-order valence-corrected chi connectivity index (χ0v) is 36.8. The first-order chi connectivity index (χ1) is 30.6. The third-order valence-corrected chi connectivity index (χ3v) is 10.8. The number of aromatic amines is 1. The monoisotopic (exact) mass is 918 g/mol. The van der Waals surface area contributed by atoms with Gasteiger partial charge in [-0.15, -0.1) is 19.7 Å². The van der Waals surface area contributed by atoms with Crippen molar-refractivity contribution in [3.63, 3.8) is 0 Å². The number of ether oxygens (including phenoxy) is 2. The van der Waals surface area contributed by atoms with E-state index in [4.69, 9.17) is 9.47 Å². The minimum Gasteiger partial charge on any atom is -0.477 e. The Morgan fingerprint density at radius 1 is 0.746 bits per heavy atom. The fourth-order valence-electron chi connectivity index (χ4n) is 7.74. The molecule has 0 saturated heterocycles. The van der Waals surface area contributed by atoms with Gasteiger partial charge in [0, 0.05) is 79.9 Å². The molecule has 3 aliphatic carbocycles. The number of rotatable bonds is 10. The van der Waals surface area contributed by atoms with Crippen LogP contribution in [0.1, 0.15) is 78.7 Å². The third kappa shape index (κ3) is 9.88. The van der Waals surface area contributed by atoms with Crippen LogP contribution in [0.25, 0.3) is 33.8 Å². The first-order valence-electron chi connectivity index (χ1n) is 20.4. The first-order valence-corrected chi connectivity index (χ1v) is 21.6. The van der Waals surface area contributed by atoms with Crippen LogP contribution >= 0.6 is 15.9 Å². The number of fused-ring (bicyclic) bond motifs is 9. The maximum atomic E-state index is 12.3. The van der Waals surface area contributed by atoms with Gasteiger partial charge in [0.2, 0.25) is 12.4 Å². The molecule has 6 heterocycles. The number of allylic oxidation sites excluding steroid dienone is 3. The molecule has 0 unspecified atom stereocenters. The molecule has 63 heavy (non-hydrogen) atoms. The largest absolute Gasteiger partial charge is 0.477 e. The quantitative estimate of drug-likeness (QED) is 0.0428. The van der Waals surface area contributed by atoms with E-state index in [1.807, 2.05) is 24.5 Å². The lowest BCUT2D eigenvalue weighted by Gasteiger charge is -2.14. The summed E-state index contributed by atoms with van der Waals surface area (Å²) >= 11 is 3.13. The predicted octanol–water partition coefficient (Wildman–Crippen LogP) is 6.78. The van der Waals surface area contributed by atoms with Gasteiger partial charge in [-0.2, -0.15) is 15.3 Å². The van der Waals surface area contributed by atoms with Crippen LogP contribution in [0.5, 0.6) is 0 Å². The second kappa shape index (κ2) is 21.2. The Bertz CT molecular complexity index is 2660. The molecule has 9 rings (SSSR count). The second-order valence-electron chi connectivity index (χ2n) is 14.2. The Hall–Kier alpha value is -7.01. The number of H-pyrrole nitrogens is 1. The van der Waals surface area contributed by atoms with Gasteiger partial charge in [-0.3, -0.25) is 29.6 Å². The van der Waals surface area contributed by atoms with Gasteiger partial charge in [0.15, 0.2) is 5.69 Å². The Morgan fingerprint density at radius 3 is 1.81 bits per heavy atom. The topological polar surface area (TPSA) is 204 Å². The number of aromatic nitrogens is 9. The molecule has 326 valence electrons. The van der Waals surface area contributed by atoms with Crippen molar-refractivity contribution in [1.82, 2.24) is 39.7 Å². The van der Waals surface area contributed by atoms with Crippen molar-refractivity contribution in [3.8, 4) is 33.8 Å². The van der Waals surface area contributed by atoms with E-state index in [1.165, 1.54) is 22.0 Å². The number of hydrogen-bond acceptors (Lipinski definition) is 11. The highest BCUT2D eigenvalue weighted by Gasteiger charge is 2.31. The maximum Gasteiger partial charge on any atom is 0.356 e. The maximum absolute atomic E-state index is 12.3. The molecule has 0 aromatic carbocycles. The standard InChI is InChI=1S/C16H17N3O2.C14H13N3O3.C13H13N3O2.C3H5Br/c1-3-9-19-15(16(20)21-4-2)13-6-5-11-10-17-8-7-12(11)14(13)18-19;1-2-6-17-13(14(18)19)11-4-3-9-8-16(20)7-5-10(9)12(11)15-17;1-2-18-13(17)12-10-4-3-8-7-14-6-5-9(8)11(10)15-16-12;1-2-3-4/h3,7-8,10H,1,4-6,9H2,2H3;2,5,7-8H,1,3-4,6H2,(H-,15,18,19,20);5-7H,2-4H2,1H3,(H,15,16);2H,1,3H2/p+1. The van der Waals surface area contributed by atoms with E-state index < -0.39 is 5.97 Å². The molecule has 0 amide bonds. The lowest BCUT2D eigenvalue weighted by Crippen LogP contribution is -2.30. The summed E-state index contributed by atoms with van der Waals surface area (Å²) in [7, 11) is 0. The number of carboxylic acids is 1. The molecule has 16 nitrogen and oxygen atoms in total. The number of halogens is 1. The molecule has 6 aromatic heterocycles. The molecule has 3 N–H and O–H groups in total. The second-order valence-corrected chi connectivity index (χ2v) is 14.9. The van der Waals surface area contributed by atoms with Crippen LogP contribution in [0, 0.1) is 0 Å². The molecule has 6 aromatic rings. The van der Waals surface area contributed by atoms with E-state index >= 15 is 0 Å². The van der Waals surface area contributed by atoms with Gasteiger partial charge < -0.3 is 14.6 Å². The molecular formula is C46H49BrN9O7+. The highest BCUT2D eigenvalue weighted by molar-refractivity contribution is 9.09. The van der Waals surface area contributed by atoms with E-state index in [-0.39, 0.29) is 17.6 Å². The molecule has 0 spiro atoms. The SMILES string of the molecule is C=CCBr.C=CCn1nc2c(c1C(=O)O)CCc1c[n+](O)ccc1-2.C=CCn1nc2c(c1C(=O)OCC)CCc1cnccc1-2.CCOC(=O)c1[nH]nc2c1CCc1cnccc1-2. The van der Waals surface area contributed by atoms with Crippen LogP contribution in [0.15, 0.2) is 93.3 Å². The van der Waals surface area contributed by atoms with Crippen LogP contribution in [0.2, 0.25) is 0 Å². The van der Waals surface area contributed by atoms with Gasteiger partial charge in [-0.05, 0) is 75.6 Å². The van der Waals surface area contributed by atoms with Gasteiger partial charge in [-0.25, -0.2) is 14.4 Å². The number of aryl methyl sites for hydroxylation is 3. The normalized spacial score (nSPS) is 12.2. The van der Waals surface area contributed by atoms with E-state index in [9.17, 15) is 24.7 Å². The summed E-state index contributed by atoms with van der Waals surface area (Å²) in [5.74, 6) is -1.62. The Balaban J connectivity index is 0.000000151. The highest BCUT2D eigenvalue weighted by atomic mass is 79.9. The number of nitrogens with one attached hydrogen (secondary N) is 1. The molecule has 0 aliphatic heterocycles. The molecule has 0 fully saturated rings. The average molecular weight is 920 g/mol. The minimum atomic E-state index is -0.975. The Kier molecular flexibility index (Phi) is 15.3. The zero-order chi connectivity index (χ0) is 45.0. The summed E-state index contributed by atoms with van der Waals surface area (Å²) in [5, 5.41) is 35.8. The number of carboxylic acid groups (broad SMARTS) is 1. The number of pyridine rings is 3. The number of carbonyl (C=O) groups excluding carboxylic acids is 2. The Labute approximate surface area is 372 Å². The molecule has 0 atom stereocenters. The summed E-state index contributed by atoms with van der Waals surface area (Å²) < 4.78 is 14.4. The van der Waals surface area contributed by atoms with E-state index in [1.54, 1.807) is 61.4 Å². The number of esters is 2. The van der Waals surface area contributed by atoms with Crippen LogP contribution < -0.4 is 4.73 Å². The Morgan fingerprint density at radius 2 is 1.25 bits per heavy atom. The molecule has 17 heteroatoms. The summed E-state index contributed by atoms with van der Waals surface area (Å²) in [5.41, 5.74) is 12.6. The summed E-state index contributed by atoms with van der Waals surface area (Å²) in [6.45, 7) is 16.0. The van der Waals surface area contributed by atoms with Crippen LogP contribution in [-0.2, 0) is 61.1 Å². The summed E-state index contributed by atoms with van der Waals surface area (Å²) in [6.07, 6.45) is 20.1. The van der Waals surface area contributed by atoms with Crippen molar-refractivity contribution in [2.24, 2.45) is 0 Å². The number of carbonyl (C=O) groups is 3. The van der Waals surface area contributed by atoms with E-state index in [0.29, 0.717) is 56.2 Å². The van der Waals surface area contributed by atoms with Crippen LogP contribution in [-0.4, -0.2) is 86.5 Å². The van der Waals surface area contributed by atoms with Gasteiger partial charge in [-0.1, -0.05) is 34.2 Å². The van der Waals surface area contributed by atoms with Crippen molar-refractivity contribution in [2.75, 3.05) is 18.5 Å². The summed E-state index contributed by atoms with van der Waals surface area (Å²) in [4.78, 5) is 43.8. The molecule has 0 bridgehead atoms. The molecule has 0 saturated carbocycles. The van der Waals surface area contributed by atoms with Crippen molar-refractivity contribution >= 4 is 33.8 Å². The van der Waals surface area contributed by atoms with Gasteiger partial charge in [0.1, 0.15) is 11.4 Å². The first kappa shape index (κ1) is 45.5. The van der Waals surface area contributed by atoms with Crippen molar-refractivity contribution < 1.29 is 38.9 Å². The number of alkyl halides is 1. The predicted molar refractivity (Wildman–Crippen MR) is 238 cm³/mol.